The molecule has 22 heavy (non-hydrogen) atoms. The minimum atomic E-state index is -0.556. The molecule has 0 saturated heterocycles. The van der Waals surface area contributed by atoms with Crippen LogP contribution < -0.4 is 5.73 Å². The van der Waals surface area contributed by atoms with Gasteiger partial charge in [0.2, 0.25) is 5.89 Å². The van der Waals surface area contributed by atoms with Gasteiger partial charge in [-0.05, 0) is 12.1 Å². The number of rotatable bonds is 4. The maximum absolute atomic E-state index is 11.8. The van der Waals surface area contributed by atoms with Gasteiger partial charge < -0.3 is 14.9 Å². The van der Waals surface area contributed by atoms with Gasteiger partial charge in [-0.15, -0.1) is 0 Å². The zero-order valence-electron chi connectivity index (χ0n) is 11.6. The molecule has 0 unspecified atom stereocenters. The first-order valence-corrected chi connectivity index (χ1v) is 6.61. The molecule has 2 aromatic heterocycles. The van der Waals surface area contributed by atoms with E-state index in [-0.39, 0.29) is 12.3 Å². The Kier molecular flexibility index (Phi) is 3.82. The molecule has 110 valence electrons. The van der Waals surface area contributed by atoms with E-state index < -0.39 is 5.97 Å². The largest absolute Gasteiger partial charge is 0.451 e. The third kappa shape index (κ3) is 3.12. The van der Waals surface area contributed by atoms with Gasteiger partial charge in [0.15, 0.2) is 12.4 Å². The van der Waals surface area contributed by atoms with Gasteiger partial charge in [0.25, 0.3) is 0 Å². The van der Waals surface area contributed by atoms with Crippen molar-refractivity contribution in [3.8, 4) is 11.3 Å². The zero-order chi connectivity index (χ0) is 15.4. The molecule has 0 aliphatic rings. The van der Waals surface area contributed by atoms with Gasteiger partial charge in [-0.1, -0.05) is 30.3 Å². The van der Waals surface area contributed by atoms with E-state index in [1.807, 2.05) is 30.3 Å². The van der Waals surface area contributed by atoms with Crippen molar-refractivity contribution in [2.45, 2.75) is 6.61 Å². The number of nitrogens with two attached hydrogens (primary N) is 1. The summed E-state index contributed by atoms with van der Waals surface area (Å²) in [6.07, 6.45) is 3.00. The highest BCUT2D eigenvalue weighted by molar-refractivity contribution is 5.87. The van der Waals surface area contributed by atoms with Crippen molar-refractivity contribution in [3.05, 3.63) is 66.4 Å². The summed E-state index contributed by atoms with van der Waals surface area (Å²) in [6, 6.07) is 12.6. The number of hydrogen-bond acceptors (Lipinski definition) is 6. The SMILES string of the molecule is Nc1ccc(C(=O)OCc2ncc(-c3ccccc3)o2)nc1. The van der Waals surface area contributed by atoms with Crippen LogP contribution in [0.3, 0.4) is 0 Å². The second-order valence-electron chi connectivity index (χ2n) is 4.54. The lowest BCUT2D eigenvalue weighted by Crippen LogP contribution is -2.07. The van der Waals surface area contributed by atoms with Crippen LogP contribution in [-0.4, -0.2) is 15.9 Å². The molecule has 0 aliphatic carbocycles. The zero-order valence-corrected chi connectivity index (χ0v) is 11.6. The first-order valence-electron chi connectivity index (χ1n) is 6.61. The van der Waals surface area contributed by atoms with Crippen LogP contribution in [-0.2, 0) is 11.3 Å². The van der Waals surface area contributed by atoms with Crippen LogP contribution in [0.5, 0.6) is 0 Å². The van der Waals surface area contributed by atoms with Gasteiger partial charge in [0, 0.05) is 5.56 Å². The van der Waals surface area contributed by atoms with Crippen LogP contribution in [0, 0.1) is 0 Å². The second-order valence-corrected chi connectivity index (χ2v) is 4.54. The predicted molar refractivity (Wildman–Crippen MR) is 79.7 cm³/mol. The fourth-order valence-electron chi connectivity index (χ4n) is 1.84. The quantitative estimate of drug-likeness (QED) is 0.744. The Hall–Kier alpha value is -3.15. The minimum Gasteiger partial charge on any atom is -0.451 e. The Balaban J connectivity index is 1.64. The van der Waals surface area contributed by atoms with E-state index in [9.17, 15) is 4.79 Å². The van der Waals surface area contributed by atoms with Crippen LogP contribution >= 0.6 is 0 Å². The molecule has 0 radical (unpaired) electrons. The molecule has 0 atom stereocenters. The molecule has 3 rings (SSSR count). The molecule has 0 aliphatic heterocycles. The molecule has 0 spiro atoms. The fourth-order valence-corrected chi connectivity index (χ4v) is 1.84. The van der Waals surface area contributed by atoms with Crippen molar-refractivity contribution in [3.63, 3.8) is 0 Å². The summed E-state index contributed by atoms with van der Waals surface area (Å²) < 4.78 is 10.7. The number of carbonyl (C=O) groups is 1. The van der Waals surface area contributed by atoms with Crippen molar-refractivity contribution < 1.29 is 13.9 Å². The van der Waals surface area contributed by atoms with Gasteiger partial charge in [-0.25, -0.2) is 14.8 Å². The predicted octanol–water partition coefficient (Wildman–Crippen LogP) is 2.68. The van der Waals surface area contributed by atoms with Gasteiger partial charge in [0.05, 0.1) is 18.1 Å². The van der Waals surface area contributed by atoms with E-state index >= 15 is 0 Å². The van der Waals surface area contributed by atoms with Crippen molar-refractivity contribution in [1.29, 1.82) is 0 Å². The summed E-state index contributed by atoms with van der Waals surface area (Å²) in [6.45, 7) is -0.0578. The highest BCUT2D eigenvalue weighted by Gasteiger charge is 2.12. The van der Waals surface area contributed by atoms with Gasteiger partial charge >= 0.3 is 5.97 Å². The number of esters is 1. The fraction of sp³-hybridized carbons (Fsp3) is 0.0625. The van der Waals surface area contributed by atoms with Gasteiger partial charge in [-0.3, -0.25) is 0 Å². The number of hydrogen-bond donors (Lipinski definition) is 1. The van der Waals surface area contributed by atoms with Crippen molar-refractivity contribution in [1.82, 2.24) is 9.97 Å². The second kappa shape index (κ2) is 6.09. The Bertz CT molecular complexity index is 767. The highest BCUT2D eigenvalue weighted by atomic mass is 16.5. The number of carbonyl (C=O) groups excluding carboxylic acids is 1. The molecule has 1 aromatic carbocycles. The lowest BCUT2D eigenvalue weighted by atomic mass is 10.2. The van der Waals surface area contributed by atoms with Crippen molar-refractivity contribution in [2.75, 3.05) is 5.73 Å². The summed E-state index contributed by atoms with van der Waals surface area (Å²) in [5.41, 5.74) is 7.09. The van der Waals surface area contributed by atoms with Crippen molar-refractivity contribution >= 4 is 11.7 Å². The van der Waals surface area contributed by atoms with E-state index in [1.54, 1.807) is 12.3 Å². The molecule has 6 nitrogen and oxygen atoms in total. The number of anilines is 1. The van der Waals surface area contributed by atoms with E-state index in [2.05, 4.69) is 9.97 Å². The third-order valence-electron chi connectivity index (χ3n) is 2.93. The van der Waals surface area contributed by atoms with E-state index in [0.29, 0.717) is 17.3 Å². The molecule has 3 aromatic rings. The molecule has 0 saturated carbocycles. The molecule has 0 fully saturated rings. The summed E-state index contributed by atoms with van der Waals surface area (Å²) in [5.74, 6) is 0.388. The van der Waals surface area contributed by atoms with E-state index in [1.165, 1.54) is 12.3 Å². The third-order valence-corrected chi connectivity index (χ3v) is 2.93. The maximum Gasteiger partial charge on any atom is 0.357 e. The molecular weight excluding hydrogens is 282 g/mol. The van der Waals surface area contributed by atoms with Crippen LogP contribution in [0.15, 0.2) is 59.3 Å². The molecule has 2 heterocycles. The lowest BCUT2D eigenvalue weighted by molar-refractivity contribution is 0.0432. The Morgan fingerprint density at radius 3 is 2.64 bits per heavy atom. The van der Waals surface area contributed by atoms with Crippen LogP contribution in [0.25, 0.3) is 11.3 Å². The van der Waals surface area contributed by atoms with Crippen LogP contribution in [0.4, 0.5) is 5.69 Å². The normalized spacial score (nSPS) is 10.4. The Morgan fingerprint density at radius 2 is 1.91 bits per heavy atom. The minimum absolute atomic E-state index is 0.0578. The molecule has 0 amide bonds. The average Bonchev–Trinajstić information content (AvgIpc) is 3.03. The molecule has 0 bridgehead atoms. The number of ether oxygens (including phenoxy) is 1. The van der Waals surface area contributed by atoms with Gasteiger partial charge in [0.1, 0.15) is 5.69 Å². The number of nitrogen functional groups attached to an aromatic ring is 1. The van der Waals surface area contributed by atoms with E-state index in [0.717, 1.165) is 5.56 Å². The standard InChI is InChI=1S/C16H13N3O3/c17-12-6-7-13(18-8-12)16(20)21-10-15-19-9-14(22-15)11-4-2-1-3-5-11/h1-9H,10,17H2. The lowest BCUT2D eigenvalue weighted by Gasteiger charge is -2.01. The topological polar surface area (TPSA) is 91.2 Å². The highest BCUT2D eigenvalue weighted by Crippen LogP contribution is 2.20. The number of nitrogens with zero attached hydrogens (tertiary/aromatic N) is 2. The Labute approximate surface area is 126 Å². The smallest absolute Gasteiger partial charge is 0.357 e. The summed E-state index contributed by atoms with van der Waals surface area (Å²) >= 11 is 0. The van der Waals surface area contributed by atoms with Crippen LogP contribution in [0.1, 0.15) is 16.4 Å². The number of benzene rings is 1. The van der Waals surface area contributed by atoms with Gasteiger partial charge in [-0.2, -0.15) is 0 Å². The molecular formula is C16H13N3O3. The maximum atomic E-state index is 11.8. The number of pyridine rings is 1. The molecule has 2 N–H and O–H groups in total. The summed E-state index contributed by atoms with van der Waals surface area (Å²) in [4.78, 5) is 19.8. The van der Waals surface area contributed by atoms with E-state index in [4.69, 9.17) is 14.9 Å². The average molecular weight is 295 g/mol. The Morgan fingerprint density at radius 1 is 1.09 bits per heavy atom. The first-order chi connectivity index (χ1) is 10.7. The summed E-state index contributed by atoms with van der Waals surface area (Å²) in [5, 5.41) is 0. The number of oxazole rings is 1. The van der Waals surface area contributed by atoms with Crippen LogP contribution in [0.2, 0.25) is 0 Å². The monoisotopic (exact) mass is 295 g/mol. The number of aromatic nitrogens is 2. The molecule has 6 heteroatoms. The first kappa shape index (κ1) is 13.8. The summed E-state index contributed by atoms with van der Waals surface area (Å²) in [7, 11) is 0. The van der Waals surface area contributed by atoms with Crippen molar-refractivity contribution in [2.24, 2.45) is 0 Å².